The van der Waals surface area contributed by atoms with Crippen LogP contribution in [0.3, 0.4) is 0 Å². The smallest absolute Gasteiger partial charge is 0.163 e. The predicted octanol–water partition coefficient (Wildman–Crippen LogP) is 3.48. The number of anilines is 1. The van der Waals surface area contributed by atoms with Gasteiger partial charge in [0.05, 0.1) is 36.4 Å². The van der Waals surface area contributed by atoms with Crippen LogP contribution < -0.4 is 15.4 Å². The summed E-state index contributed by atoms with van der Waals surface area (Å²) in [5, 5.41) is 9.35. The number of rotatable bonds is 8. The van der Waals surface area contributed by atoms with Crippen molar-refractivity contribution in [3.8, 4) is 11.8 Å². The highest BCUT2D eigenvalue weighted by Gasteiger charge is 2.29. The summed E-state index contributed by atoms with van der Waals surface area (Å²) in [6.45, 7) is 5.14. The van der Waals surface area contributed by atoms with Crippen LogP contribution in [0.1, 0.15) is 38.5 Å². The Morgan fingerprint density at radius 1 is 1.27 bits per heavy atom. The van der Waals surface area contributed by atoms with Crippen LogP contribution in [-0.2, 0) is 4.79 Å². The number of para-hydroxylation sites is 1. The second-order valence-electron chi connectivity index (χ2n) is 8.52. The molecule has 1 heterocycles. The molecule has 1 aromatic rings. The zero-order valence-electron chi connectivity index (χ0n) is 17.9. The van der Waals surface area contributed by atoms with Crippen LogP contribution in [0, 0.1) is 23.2 Å². The number of nitriles is 1. The van der Waals surface area contributed by atoms with Crippen LogP contribution >= 0.6 is 11.6 Å². The SMILES string of the molecule is COc1c(Cl)cccc1N1CCN(CCC2CCC(C(N)C(=O)CC#N)CC2)CC1. The Bertz CT molecular complexity index is 750. The summed E-state index contributed by atoms with van der Waals surface area (Å²) in [6.07, 6.45) is 5.43. The summed E-state index contributed by atoms with van der Waals surface area (Å²) in [4.78, 5) is 16.8. The van der Waals surface area contributed by atoms with Gasteiger partial charge in [0.1, 0.15) is 0 Å². The molecule has 7 heteroatoms. The van der Waals surface area contributed by atoms with Gasteiger partial charge in [-0.05, 0) is 49.8 Å². The summed E-state index contributed by atoms with van der Waals surface area (Å²) in [5.74, 6) is 1.62. The van der Waals surface area contributed by atoms with Crippen molar-refractivity contribution in [3.63, 3.8) is 0 Å². The van der Waals surface area contributed by atoms with E-state index in [2.05, 4.69) is 15.9 Å². The number of hydrogen-bond acceptors (Lipinski definition) is 6. The normalized spacial score (nSPS) is 23.6. The number of Topliss-reactive ketones (excluding diaryl/α,β-unsaturated/α-hetero) is 1. The zero-order chi connectivity index (χ0) is 21.5. The van der Waals surface area contributed by atoms with Gasteiger partial charge in [-0.1, -0.05) is 30.5 Å². The Labute approximate surface area is 184 Å². The fraction of sp³-hybridized carbons (Fsp3) is 0.652. The molecule has 1 aliphatic heterocycles. The number of nitrogens with two attached hydrogens (primary N) is 1. The molecule has 164 valence electrons. The number of carbonyl (C=O) groups is 1. The summed E-state index contributed by atoms with van der Waals surface area (Å²) >= 11 is 6.27. The maximum atomic E-state index is 11.9. The quantitative estimate of drug-likeness (QED) is 0.677. The molecular weight excluding hydrogens is 400 g/mol. The Balaban J connectivity index is 1.39. The van der Waals surface area contributed by atoms with Gasteiger partial charge < -0.3 is 15.4 Å². The van der Waals surface area contributed by atoms with Crippen molar-refractivity contribution in [1.82, 2.24) is 4.90 Å². The van der Waals surface area contributed by atoms with E-state index in [1.807, 2.05) is 18.2 Å². The van der Waals surface area contributed by atoms with Crippen molar-refractivity contribution in [3.05, 3.63) is 23.2 Å². The molecule has 1 aliphatic carbocycles. The first kappa shape index (κ1) is 22.9. The van der Waals surface area contributed by atoms with Crippen LogP contribution in [0.5, 0.6) is 5.75 Å². The lowest BCUT2D eigenvalue weighted by molar-refractivity contribution is -0.120. The molecule has 1 atom stereocenters. The van der Waals surface area contributed by atoms with Crippen molar-refractivity contribution >= 4 is 23.1 Å². The third kappa shape index (κ3) is 5.66. The molecule has 30 heavy (non-hydrogen) atoms. The van der Waals surface area contributed by atoms with Crippen molar-refractivity contribution < 1.29 is 9.53 Å². The van der Waals surface area contributed by atoms with Crippen LogP contribution in [0.4, 0.5) is 5.69 Å². The molecule has 1 unspecified atom stereocenters. The highest BCUT2D eigenvalue weighted by molar-refractivity contribution is 6.32. The highest BCUT2D eigenvalue weighted by Crippen LogP contribution is 2.36. The van der Waals surface area contributed by atoms with Crippen LogP contribution in [0.25, 0.3) is 0 Å². The van der Waals surface area contributed by atoms with Gasteiger partial charge in [-0.15, -0.1) is 0 Å². The minimum Gasteiger partial charge on any atom is -0.493 e. The molecule has 2 aliphatic rings. The number of piperazine rings is 1. The molecule has 0 radical (unpaired) electrons. The fourth-order valence-electron chi connectivity index (χ4n) is 4.82. The van der Waals surface area contributed by atoms with E-state index in [0.717, 1.165) is 69.8 Å². The number of ether oxygens (including phenoxy) is 1. The van der Waals surface area contributed by atoms with Crippen molar-refractivity contribution in [2.24, 2.45) is 17.6 Å². The topological polar surface area (TPSA) is 82.6 Å². The Morgan fingerprint density at radius 3 is 2.60 bits per heavy atom. The van der Waals surface area contributed by atoms with Crippen molar-refractivity contribution in [2.75, 3.05) is 44.7 Å². The van der Waals surface area contributed by atoms with Crippen LogP contribution in [0.2, 0.25) is 5.02 Å². The largest absolute Gasteiger partial charge is 0.493 e. The van der Waals surface area contributed by atoms with E-state index in [1.54, 1.807) is 7.11 Å². The van der Waals surface area contributed by atoms with E-state index in [4.69, 9.17) is 27.3 Å². The second-order valence-corrected chi connectivity index (χ2v) is 8.92. The van der Waals surface area contributed by atoms with Gasteiger partial charge in [0.15, 0.2) is 11.5 Å². The fourth-order valence-corrected chi connectivity index (χ4v) is 5.07. The van der Waals surface area contributed by atoms with Crippen molar-refractivity contribution in [2.45, 2.75) is 44.6 Å². The first-order chi connectivity index (χ1) is 14.5. The van der Waals surface area contributed by atoms with Gasteiger partial charge in [-0.25, -0.2) is 0 Å². The average molecular weight is 433 g/mol. The molecule has 2 N–H and O–H groups in total. The molecule has 0 amide bonds. The van der Waals surface area contributed by atoms with Gasteiger partial charge >= 0.3 is 0 Å². The molecule has 0 aromatic heterocycles. The number of benzene rings is 1. The molecule has 0 bridgehead atoms. The van der Waals surface area contributed by atoms with Crippen LogP contribution in [0.15, 0.2) is 18.2 Å². The lowest BCUT2D eigenvalue weighted by Gasteiger charge is -2.38. The maximum Gasteiger partial charge on any atom is 0.163 e. The van der Waals surface area contributed by atoms with E-state index in [1.165, 1.54) is 6.42 Å². The zero-order valence-corrected chi connectivity index (χ0v) is 18.6. The monoisotopic (exact) mass is 432 g/mol. The Morgan fingerprint density at radius 2 is 1.97 bits per heavy atom. The van der Waals surface area contributed by atoms with Crippen molar-refractivity contribution in [1.29, 1.82) is 5.26 Å². The molecule has 2 fully saturated rings. The van der Waals surface area contributed by atoms with E-state index >= 15 is 0 Å². The molecule has 0 spiro atoms. The lowest BCUT2D eigenvalue weighted by atomic mass is 9.76. The van der Waals surface area contributed by atoms with Gasteiger partial charge in [-0.2, -0.15) is 5.26 Å². The predicted molar refractivity (Wildman–Crippen MR) is 120 cm³/mol. The molecule has 1 saturated carbocycles. The number of nitrogens with zero attached hydrogens (tertiary/aromatic N) is 3. The molecule has 1 saturated heterocycles. The summed E-state index contributed by atoms with van der Waals surface area (Å²) in [5.41, 5.74) is 7.15. The standard InChI is InChI=1S/C23H33ClN4O2/c1-30-23-19(24)3-2-4-20(23)28-15-13-27(14-16-28)12-10-17-5-7-18(8-6-17)22(26)21(29)9-11-25/h2-4,17-18,22H,5-10,12-16,26H2,1H3. The summed E-state index contributed by atoms with van der Waals surface area (Å²) in [6, 6.07) is 7.38. The van der Waals surface area contributed by atoms with E-state index < -0.39 is 6.04 Å². The van der Waals surface area contributed by atoms with Gasteiger partial charge in [0.2, 0.25) is 0 Å². The minimum atomic E-state index is -0.456. The van der Waals surface area contributed by atoms with Gasteiger partial charge in [0, 0.05) is 26.2 Å². The maximum absolute atomic E-state index is 11.9. The average Bonchev–Trinajstić information content (AvgIpc) is 2.78. The molecular formula is C23H33ClN4O2. The van der Waals surface area contributed by atoms with E-state index in [9.17, 15) is 4.79 Å². The first-order valence-corrected chi connectivity index (χ1v) is 11.4. The van der Waals surface area contributed by atoms with Gasteiger partial charge in [0.25, 0.3) is 0 Å². The number of methoxy groups -OCH3 is 1. The highest BCUT2D eigenvalue weighted by atomic mass is 35.5. The minimum absolute atomic E-state index is 0.0614. The number of hydrogen-bond donors (Lipinski definition) is 1. The third-order valence-electron chi connectivity index (χ3n) is 6.74. The first-order valence-electron chi connectivity index (χ1n) is 11.0. The number of carbonyl (C=O) groups excluding carboxylic acids is 1. The lowest BCUT2D eigenvalue weighted by Crippen LogP contribution is -2.47. The van der Waals surface area contributed by atoms with E-state index in [-0.39, 0.29) is 18.1 Å². The second kappa shape index (κ2) is 11.0. The Kier molecular flexibility index (Phi) is 8.38. The Hall–Kier alpha value is -1.81. The number of halogens is 1. The molecule has 6 nitrogen and oxygen atoms in total. The molecule has 1 aromatic carbocycles. The summed E-state index contributed by atoms with van der Waals surface area (Å²) < 4.78 is 5.50. The van der Waals surface area contributed by atoms with E-state index in [0.29, 0.717) is 10.9 Å². The third-order valence-corrected chi connectivity index (χ3v) is 7.04. The molecule has 3 rings (SSSR count). The summed E-state index contributed by atoms with van der Waals surface area (Å²) in [7, 11) is 1.67. The number of ketones is 1. The van der Waals surface area contributed by atoms with Gasteiger partial charge in [-0.3, -0.25) is 9.69 Å². The van der Waals surface area contributed by atoms with Crippen LogP contribution in [-0.4, -0.2) is 56.6 Å².